The third kappa shape index (κ3) is 4.37. The molecule has 0 radical (unpaired) electrons. The van der Waals surface area contributed by atoms with Gasteiger partial charge in [-0.25, -0.2) is 4.98 Å². The van der Waals surface area contributed by atoms with Crippen LogP contribution >= 0.6 is 11.3 Å². The van der Waals surface area contributed by atoms with Gasteiger partial charge in [-0.05, 0) is 21.1 Å². The van der Waals surface area contributed by atoms with Gasteiger partial charge in [0, 0.05) is 29.8 Å². The summed E-state index contributed by atoms with van der Waals surface area (Å²) in [6.45, 7) is 8.69. The Bertz CT molecular complexity index is 350. The molecule has 1 rings (SSSR count). The molecule has 0 fully saturated rings. The van der Waals surface area contributed by atoms with Gasteiger partial charge >= 0.3 is 0 Å². The van der Waals surface area contributed by atoms with Crippen LogP contribution in [0.15, 0.2) is 0 Å². The summed E-state index contributed by atoms with van der Waals surface area (Å²) in [7, 11) is 6.20. The maximum absolute atomic E-state index is 4.82. The largest absolute Gasteiger partial charge is 0.315 e. The van der Waals surface area contributed by atoms with Crippen LogP contribution in [0, 0.1) is 0 Å². The van der Waals surface area contributed by atoms with Crippen molar-refractivity contribution in [1.29, 1.82) is 0 Å². The van der Waals surface area contributed by atoms with E-state index in [0.717, 1.165) is 19.5 Å². The summed E-state index contributed by atoms with van der Waals surface area (Å²) >= 11 is 1.85. The first kappa shape index (κ1) is 14.6. The molecule has 1 heterocycles. The number of nitrogens with one attached hydrogen (secondary N) is 1. The van der Waals surface area contributed by atoms with Crippen molar-refractivity contribution in [3.63, 3.8) is 0 Å². The third-order valence-corrected chi connectivity index (χ3v) is 3.68. The van der Waals surface area contributed by atoms with Crippen LogP contribution in [0.25, 0.3) is 0 Å². The molecular formula is C13H25N3S. The van der Waals surface area contributed by atoms with E-state index in [1.54, 1.807) is 0 Å². The Kier molecular flexibility index (Phi) is 5.10. The minimum atomic E-state index is 0.138. The van der Waals surface area contributed by atoms with Gasteiger partial charge < -0.3 is 10.2 Å². The highest BCUT2D eigenvalue weighted by Crippen LogP contribution is 2.29. The van der Waals surface area contributed by atoms with Crippen LogP contribution in [0.3, 0.4) is 0 Å². The molecule has 4 heteroatoms. The Morgan fingerprint density at radius 1 is 1.29 bits per heavy atom. The highest BCUT2D eigenvalue weighted by atomic mass is 32.1. The topological polar surface area (TPSA) is 28.2 Å². The van der Waals surface area contributed by atoms with Crippen LogP contribution < -0.4 is 5.32 Å². The second-order valence-electron chi connectivity index (χ2n) is 5.71. The fraction of sp³-hybridized carbons (Fsp3) is 0.769. The zero-order chi connectivity index (χ0) is 13.1. The van der Waals surface area contributed by atoms with Gasteiger partial charge in [0.15, 0.2) is 0 Å². The van der Waals surface area contributed by atoms with E-state index in [1.807, 2.05) is 18.4 Å². The first-order valence-corrected chi connectivity index (χ1v) is 6.94. The summed E-state index contributed by atoms with van der Waals surface area (Å²) in [5.41, 5.74) is 1.39. The average molecular weight is 255 g/mol. The van der Waals surface area contributed by atoms with Crippen LogP contribution in [0.5, 0.6) is 0 Å². The first-order chi connectivity index (χ1) is 7.84. The van der Waals surface area contributed by atoms with Gasteiger partial charge in [-0.1, -0.05) is 20.8 Å². The Labute approximate surface area is 109 Å². The Hall–Kier alpha value is -0.450. The quantitative estimate of drug-likeness (QED) is 0.875. The molecule has 0 aliphatic heterocycles. The molecular weight excluding hydrogens is 230 g/mol. The van der Waals surface area contributed by atoms with E-state index in [2.05, 4.69) is 45.1 Å². The van der Waals surface area contributed by atoms with E-state index < -0.39 is 0 Å². The molecule has 17 heavy (non-hydrogen) atoms. The Balaban J connectivity index is 2.88. The molecule has 0 saturated carbocycles. The second kappa shape index (κ2) is 5.94. The van der Waals surface area contributed by atoms with Gasteiger partial charge in [0.1, 0.15) is 0 Å². The van der Waals surface area contributed by atoms with Crippen molar-refractivity contribution in [2.24, 2.45) is 0 Å². The second-order valence-corrected chi connectivity index (χ2v) is 6.88. The number of rotatable bonds is 5. The van der Waals surface area contributed by atoms with E-state index in [1.165, 1.54) is 15.6 Å². The van der Waals surface area contributed by atoms with E-state index >= 15 is 0 Å². The van der Waals surface area contributed by atoms with Gasteiger partial charge in [0.05, 0.1) is 10.7 Å². The maximum atomic E-state index is 4.82. The first-order valence-electron chi connectivity index (χ1n) is 6.13. The zero-order valence-electron chi connectivity index (χ0n) is 11.9. The van der Waals surface area contributed by atoms with Crippen LogP contribution in [0.2, 0.25) is 0 Å². The lowest BCUT2D eigenvalue weighted by Gasteiger charge is -2.17. The fourth-order valence-electron chi connectivity index (χ4n) is 1.69. The molecule has 98 valence electrons. The third-order valence-electron chi connectivity index (χ3n) is 2.56. The fourth-order valence-corrected chi connectivity index (χ4v) is 2.97. The summed E-state index contributed by atoms with van der Waals surface area (Å²) in [6, 6.07) is 0. The predicted molar refractivity (Wildman–Crippen MR) is 75.8 cm³/mol. The van der Waals surface area contributed by atoms with Crippen LogP contribution in [-0.2, 0) is 18.4 Å². The molecule has 0 aliphatic carbocycles. The average Bonchev–Trinajstić information content (AvgIpc) is 2.58. The standard InChI is InChI=1S/C13H25N3S/c1-13(2,3)12-10(9-14-4)17-11(15-12)7-8-16(5)6/h14H,7-9H2,1-6H3. The minimum absolute atomic E-state index is 0.138. The summed E-state index contributed by atoms with van der Waals surface area (Å²) < 4.78 is 0. The molecule has 0 atom stereocenters. The predicted octanol–water partition coefficient (Wildman–Crippen LogP) is 2.26. The lowest BCUT2D eigenvalue weighted by atomic mass is 9.91. The Morgan fingerprint density at radius 2 is 1.94 bits per heavy atom. The van der Waals surface area contributed by atoms with E-state index in [-0.39, 0.29) is 5.41 Å². The lowest BCUT2D eigenvalue weighted by Crippen LogP contribution is -2.17. The van der Waals surface area contributed by atoms with Gasteiger partial charge in [-0.15, -0.1) is 11.3 Å². The molecule has 1 aromatic heterocycles. The summed E-state index contributed by atoms with van der Waals surface area (Å²) in [6.07, 6.45) is 1.05. The molecule has 0 unspecified atom stereocenters. The molecule has 0 saturated heterocycles. The highest BCUT2D eigenvalue weighted by Gasteiger charge is 2.22. The number of hydrogen-bond acceptors (Lipinski definition) is 4. The van der Waals surface area contributed by atoms with E-state index in [0.29, 0.717) is 0 Å². The highest BCUT2D eigenvalue weighted by molar-refractivity contribution is 7.11. The minimum Gasteiger partial charge on any atom is -0.315 e. The molecule has 1 aromatic rings. The lowest BCUT2D eigenvalue weighted by molar-refractivity contribution is 0.413. The summed E-state index contributed by atoms with van der Waals surface area (Å²) in [5, 5.41) is 4.49. The van der Waals surface area contributed by atoms with E-state index in [9.17, 15) is 0 Å². The molecule has 0 aliphatic rings. The van der Waals surface area contributed by atoms with Gasteiger partial charge in [0.25, 0.3) is 0 Å². The number of hydrogen-bond donors (Lipinski definition) is 1. The van der Waals surface area contributed by atoms with Gasteiger partial charge in [-0.2, -0.15) is 0 Å². The van der Waals surface area contributed by atoms with Crippen LogP contribution in [0.4, 0.5) is 0 Å². The smallest absolute Gasteiger partial charge is 0.0944 e. The molecule has 0 spiro atoms. The zero-order valence-corrected chi connectivity index (χ0v) is 12.7. The number of thiazole rings is 1. The Morgan fingerprint density at radius 3 is 2.41 bits per heavy atom. The van der Waals surface area contributed by atoms with Crippen molar-refractivity contribution >= 4 is 11.3 Å². The van der Waals surface area contributed by atoms with Crippen molar-refractivity contribution in [3.8, 4) is 0 Å². The molecule has 0 aromatic carbocycles. The van der Waals surface area contributed by atoms with E-state index in [4.69, 9.17) is 4.98 Å². The number of likely N-dealkylation sites (N-methyl/N-ethyl adjacent to an activating group) is 1. The van der Waals surface area contributed by atoms with Crippen LogP contribution in [-0.4, -0.2) is 37.6 Å². The van der Waals surface area contributed by atoms with Crippen LogP contribution in [0.1, 0.15) is 36.3 Å². The van der Waals surface area contributed by atoms with Crippen molar-refractivity contribution in [2.75, 3.05) is 27.7 Å². The van der Waals surface area contributed by atoms with Gasteiger partial charge in [-0.3, -0.25) is 0 Å². The molecule has 3 nitrogen and oxygen atoms in total. The molecule has 0 amide bonds. The number of nitrogens with zero attached hydrogens (tertiary/aromatic N) is 2. The van der Waals surface area contributed by atoms with Crippen molar-refractivity contribution in [1.82, 2.24) is 15.2 Å². The maximum Gasteiger partial charge on any atom is 0.0944 e. The SMILES string of the molecule is CNCc1sc(CCN(C)C)nc1C(C)(C)C. The summed E-state index contributed by atoms with van der Waals surface area (Å²) in [4.78, 5) is 8.41. The molecule has 0 bridgehead atoms. The molecule has 1 N–H and O–H groups in total. The van der Waals surface area contributed by atoms with Crippen molar-refractivity contribution in [3.05, 3.63) is 15.6 Å². The number of aromatic nitrogens is 1. The normalized spacial score (nSPS) is 12.4. The summed E-state index contributed by atoms with van der Waals surface area (Å²) in [5.74, 6) is 0. The monoisotopic (exact) mass is 255 g/mol. The van der Waals surface area contributed by atoms with Gasteiger partial charge in [0.2, 0.25) is 0 Å². The van der Waals surface area contributed by atoms with Crippen molar-refractivity contribution in [2.45, 2.75) is 39.2 Å². The van der Waals surface area contributed by atoms with Crippen molar-refractivity contribution < 1.29 is 0 Å².